The molecule has 3 aromatic heterocycles. The van der Waals surface area contributed by atoms with Gasteiger partial charge in [-0.25, -0.2) is 19.6 Å². The molecule has 10 nitrogen and oxygen atoms in total. The van der Waals surface area contributed by atoms with Gasteiger partial charge in [0.15, 0.2) is 10.8 Å². The summed E-state index contributed by atoms with van der Waals surface area (Å²) in [5.41, 5.74) is 6.17. The molecule has 1 amide bonds. The number of hydrogen-bond acceptors (Lipinski definition) is 9. The van der Waals surface area contributed by atoms with Crippen LogP contribution in [0.2, 0.25) is 0 Å². The number of fused-ring (bicyclic) bond motifs is 2. The van der Waals surface area contributed by atoms with Crippen molar-refractivity contribution in [1.29, 1.82) is 0 Å². The lowest BCUT2D eigenvalue weighted by Crippen LogP contribution is -2.33. The van der Waals surface area contributed by atoms with Gasteiger partial charge in [-0.15, -0.1) is 0 Å². The fourth-order valence-electron chi connectivity index (χ4n) is 6.67. The van der Waals surface area contributed by atoms with Gasteiger partial charge >= 0.3 is 11.9 Å². The average molecular weight is 728 g/mol. The topological polar surface area (TPSA) is 116 Å². The zero-order chi connectivity index (χ0) is 37.3. The fraction of sp³-hybridized carbons (Fsp3) is 0.262. The lowest BCUT2D eigenvalue weighted by atomic mass is 9.94. The number of hydrogen-bond donors (Lipinski definition) is 1. The summed E-state index contributed by atoms with van der Waals surface area (Å²) in [5.74, 6) is -0.672. The third-order valence-electron chi connectivity index (χ3n) is 9.15. The Labute approximate surface area is 312 Å². The minimum atomic E-state index is -0.772. The molecule has 270 valence electrons. The first kappa shape index (κ1) is 35.6. The average Bonchev–Trinajstić information content (AvgIpc) is 3.70. The molecule has 11 heteroatoms. The normalized spacial score (nSPS) is 12.7. The van der Waals surface area contributed by atoms with Crippen LogP contribution in [0.4, 0.5) is 10.9 Å². The molecular weight excluding hydrogens is 687 g/mol. The van der Waals surface area contributed by atoms with E-state index in [-0.39, 0.29) is 18.2 Å². The molecule has 6 aromatic rings. The lowest BCUT2D eigenvalue weighted by molar-refractivity contribution is 0.00635. The van der Waals surface area contributed by atoms with Crippen LogP contribution >= 0.6 is 11.3 Å². The maximum Gasteiger partial charge on any atom is 0.358 e. The highest BCUT2D eigenvalue weighted by Gasteiger charge is 2.29. The molecule has 3 aromatic carbocycles. The Morgan fingerprint density at radius 3 is 2.42 bits per heavy atom. The summed E-state index contributed by atoms with van der Waals surface area (Å²) < 4.78 is 14.3. The van der Waals surface area contributed by atoms with E-state index in [1.165, 1.54) is 11.3 Å². The van der Waals surface area contributed by atoms with Crippen LogP contribution in [-0.4, -0.2) is 51.1 Å². The molecule has 7 rings (SSSR count). The van der Waals surface area contributed by atoms with Crippen LogP contribution < -0.4 is 10.2 Å². The van der Waals surface area contributed by atoms with E-state index in [2.05, 4.69) is 15.2 Å². The summed E-state index contributed by atoms with van der Waals surface area (Å²) in [6.07, 6.45) is 0.688. The van der Waals surface area contributed by atoms with Crippen molar-refractivity contribution in [3.05, 3.63) is 130 Å². The second-order valence-electron chi connectivity index (χ2n) is 13.9. The van der Waals surface area contributed by atoms with E-state index in [0.29, 0.717) is 59.4 Å². The number of ether oxygens (including phenoxy) is 2. The molecule has 0 aliphatic carbocycles. The molecule has 0 spiro atoms. The Morgan fingerprint density at radius 2 is 1.66 bits per heavy atom. The van der Waals surface area contributed by atoms with E-state index in [1.54, 1.807) is 13.0 Å². The largest absolute Gasteiger partial charge is 0.461 e. The standard InChI is InChI=1S/C42H41N5O5S/c1-6-51-39(49)34-23-31(26(2)47(34)24-27-13-8-7-9-14-27)29-19-20-36(44-37(29)40(50)52-42(3,4)5)46-22-21-28-15-12-16-30(32(28)25-46)38(48)45-41-43-33-17-10-11-18-35(33)53-41/h7-20,23H,6,21-22,24-25H2,1-5H3,(H,43,45,48). The number of thiazole rings is 1. The highest BCUT2D eigenvalue weighted by atomic mass is 32.1. The summed E-state index contributed by atoms with van der Waals surface area (Å²) >= 11 is 1.44. The first-order valence-electron chi connectivity index (χ1n) is 17.7. The third kappa shape index (κ3) is 7.57. The Kier molecular flexibility index (Phi) is 9.85. The molecule has 0 atom stereocenters. The Bertz CT molecular complexity index is 2310. The van der Waals surface area contributed by atoms with Crippen molar-refractivity contribution >= 4 is 50.3 Å². The number of carbonyl (C=O) groups is 3. The number of carbonyl (C=O) groups excluding carboxylic acids is 3. The maximum absolute atomic E-state index is 13.9. The van der Waals surface area contributed by atoms with Crippen LogP contribution in [-0.2, 0) is 29.0 Å². The SMILES string of the molecule is CCOC(=O)c1cc(-c2ccc(N3CCc4cccc(C(=O)Nc5nc6ccccc6s5)c4C3)nc2C(=O)OC(C)(C)C)c(C)n1Cc1ccccc1. The highest BCUT2D eigenvalue weighted by Crippen LogP contribution is 2.35. The Balaban J connectivity index is 1.24. The van der Waals surface area contributed by atoms with E-state index >= 15 is 0 Å². The number of benzene rings is 3. The smallest absolute Gasteiger partial charge is 0.358 e. The van der Waals surface area contributed by atoms with Crippen molar-refractivity contribution in [1.82, 2.24) is 14.5 Å². The number of aromatic nitrogens is 3. The van der Waals surface area contributed by atoms with E-state index in [4.69, 9.17) is 14.5 Å². The van der Waals surface area contributed by atoms with Crippen molar-refractivity contribution in [2.75, 3.05) is 23.4 Å². The Morgan fingerprint density at radius 1 is 0.887 bits per heavy atom. The lowest BCUT2D eigenvalue weighted by Gasteiger charge is -2.31. The van der Waals surface area contributed by atoms with Crippen LogP contribution in [0.3, 0.4) is 0 Å². The molecular formula is C42H41N5O5S. The molecule has 0 bridgehead atoms. The van der Waals surface area contributed by atoms with Gasteiger partial charge < -0.3 is 18.9 Å². The van der Waals surface area contributed by atoms with Crippen LogP contribution in [0.15, 0.2) is 91.0 Å². The second kappa shape index (κ2) is 14.7. The van der Waals surface area contributed by atoms with E-state index < -0.39 is 17.5 Å². The molecule has 1 aliphatic heterocycles. The summed E-state index contributed by atoms with van der Waals surface area (Å²) in [4.78, 5) is 52.5. The number of amides is 1. The van der Waals surface area contributed by atoms with Crippen LogP contribution in [0.25, 0.3) is 21.3 Å². The number of rotatable bonds is 9. The summed E-state index contributed by atoms with van der Waals surface area (Å²) in [6, 6.07) is 29.0. The van der Waals surface area contributed by atoms with Gasteiger partial charge in [0.05, 0.1) is 16.8 Å². The summed E-state index contributed by atoms with van der Waals surface area (Å²) in [7, 11) is 0. The summed E-state index contributed by atoms with van der Waals surface area (Å²) in [5, 5.41) is 3.55. The van der Waals surface area contributed by atoms with Gasteiger partial charge in [0.1, 0.15) is 17.1 Å². The first-order chi connectivity index (χ1) is 25.5. The zero-order valence-electron chi connectivity index (χ0n) is 30.4. The van der Waals surface area contributed by atoms with Gasteiger partial charge in [-0.3, -0.25) is 10.1 Å². The minimum absolute atomic E-state index is 0.139. The number of pyridine rings is 1. The molecule has 0 unspecified atom stereocenters. The molecule has 4 heterocycles. The predicted molar refractivity (Wildman–Crippen MR) is 208 cm³/mol. The highest BCUT2D eigenvalue weighted by molar-refractivity contribution is 7.22. The van der Waals surface area contributed by atoms with E-state index in [0.717, 1.165) is 32.6 Å². The molecule has 1 aliphatic rings. The number of nitrogens with one attached hydrogen (secondary N) is 1. The van der Waals surface area contributed by atoms with Gasteiger partial charge in [0.25, 0.3) is 5.91 Å². The molecule has 0 saturated carbocycles. The number of nitrogens with zero attached hydrogens (tertiary/aromatic N) is 4. The number of anilines is 2. The quantitative estimate of drug-likeness (QED) is 0.148. The molecule has 1 N–H and O–H groups in total. The zero-order valence-corrected chi connectivity index (χ0v) is 31.3. The minimum Gasteiger partial charge on any atom is -0.461 e. The van der Waals surface area contributed by atoms with Crippen LogP contribution in [0, 0.1) is 6.92 Å². The van der Waals surface area contributed by atoms with Gasteiger partial charge in [-0.1, -0.05) is 65.9 Å². The van der Waals surface area contributed by atoms with Crippen molar-refractivity contribution < 1.29 is 23.9 Å². The predicted octanol–water partition coefficient (Wildman–Crippen LogP) is 8.46. The third-order valence-corrected chi connectivity index (χ3v) is 10.1. The fourth-order valence-corrected chi connectivity index (χ4v) is 7.53. The molecule has 0 radical (unpaired) electrons. The van der Waals surface area contributed by atoms with Gasteiger partial charge in [-0.05, 0) is 94.1 Å². The monoisotopic (exact) mass is 727 g/mol. The number of esters is 2. The van der Waals surface area contributed by atoms with E-state index in [9.17, 15) is 14.4 Å². The molecule has 0 saturated heterocycles. The van der Waals surface area contributed by atoms with Crippen molar-refractivity contribution in [3.8, 4) is 11.1 Å². The molecule has 0 fully saturated rings. The van der Waals surface area contributed by atoms with Crippen molar-refractivity contribution in [3.63, 3.8) is 0 Å². The Hall–Kier alpha value is -5.81. The second-order valence-corrected chi connectivity index (χ2v) is 15.0. The van der Waals surface area contributed by atoms with Crippen LogP contribution in [0.1, 0.15) is 81.4 Å². The van der Waals surface area contributed by atoms with E-state index in [1.807, 2.05) is 117 Å². The molecule has 53 heavy (non-hydrogen) atoms. The first-order valence-corrected chi connectivity index (χ1v) is 18.5. The summed E-state index contributed by atoms with van der Waals surface area (Å²) in [6.45, 7) is 10.9. The van der Waals surface area contributed by atoms with Crippen LogP contribution in [0.5, 0.6) is 0 Å². The van der Waals surface area contributed by atoms with Gasteiger partial charge in [0, 0.05) is 42.0 Å². The van der Waals surface area contributed by atoms with Gasteiger partial charge in [0.2, 0.25) is 0 Å². The van der Waals surface area contributed by atoms with Crippen molar-refractivity contribution in [2.45, 2.75) is 59.7 Å². The van der Waals surface area contributed by atoms with Gasteiger partial charge in [-0.2, -0.15) is 0 Å². The van der Waals surface area contributed by atoms with Crippen molar-refractivity contribution in [2.24, 2.45) is 0 Å². The number of para-hydroxylation sites is 1. The maximum atomic E-state index is 13.9.